The van der Waals surface area contributed by atoms with Crippen LogP contribution in [0.2, 0.25) is 0 Å². The maximum atomic E-state index is 11.5. The van der Waals surface area contributed by atoms with Crippen molar-refractivity contribution in [2.45, 2.75) is 26.3 Å². The van der Waals surface area contributed by atoms with E-state index < -0.39 is 5.97 Å². The molecular formula is C15H17N5O2. The molecule has 7 heteroatoms. The number of ether oxygens (including phenoxy) is 1. The van der Waals surface area contributed by atoms with E-state index in [1.165, 1.54) is 7.11 Å². The predicted octanol–water partition coefficient (Wildman–Crippen LogP) is 2.58. The molecule has 3 aromatic rings. The molecule has 0 spiro atoms. The van der Waals surface area contributed by atoms with Crippen LogP contribution in [-0.2, 0) is 4.74 Å². The number of esters is 1. The lowest BCUT2D eigenvalue weighted by atomic mass is 10.2. The summed E-state index contributed by atoms with van der Waals surface area (Å²) in [4.78, 5) is 23.5. The van der Waals surface area contributed by atoms with Crippen LogP contribution in [0.15, 0.2) is 24.4 Å². The van der Waals surface area contributed by atoms with Crippen molar-refractivity contribution >= 4 is 17.1 Å². The third-order valence-electron chi connectivity index (χ3n) is 3.66. The van der Waals surface area contributed by atoms with Gasteiger partial charge in [0.25, 0.3) is 0 Å². The van der Waals surface area contributed by atoms with E-state index in [-0.39, 0.29) is 11.7 Å². The smallest absolute Gasteiger partial charge is 0.356 e. The number of carbonyl (C=O) groups is 1. The number of nitrogens with zero attached hydrogens (tertiary/aromatic N) is 4. The van der Waals surface area contributed by atoms with Gasteiger partial charge in [-0.15, -0.1) is 0 Å². The average Bonchev–Trinajstić information content (AvgIpc) is 3.18. The number of H-pyrrole nitrogens is 1. The molecule has 0 aliphatic rings. The van der Waals surface area contributed by atoms with E-state index in [0.717, 1.165) is 17.6 Å². The minimum Gasteiger partial charge on any atom is -0.464 e. The summed E-state index contributed by atoms with van der Waals surface area (Å²) in [6, 6.07) is 5.57. The second kappa shape index (κ2) is 5.59. The second-order valence-corrected chi connectivity index (χ2v) is 5.06. The van der Waals surface area contributed by atoms with Gasteiger partial charge < -0.3 is 9.72 Å². The van der Waals surface area contributed by atoms with Crippen LogP contribution in [0.1, 0.15) is 36.8 Å². The molecule has 0 saturated heterocycles. The van der Waals surface area contributed by atoms with E-state index in [1.54, 1.807) is 18.3 Å². The lowest BCUT2D eigenvalue weighted by molar-refractivity contribution is 0.0594. The van der Waals surface area contributed by atoms with Crippen molar-refractivity contribution in [1.29, 1.82) is 0 Å². The SMILES string of the molecule is CCC(C)n1nccc1-c1nc2nc(C(=O)OC)ccc2[nH]1. The monoisotopic (exact) mass is 299 g/mol. The Kier molecular flexibility index (Phi) is 3.62. The summed E-state index contributed by atoms with van der Waals surface area (Å²) >= 11 is 0. The third-order valence-corrected chi connectivity index (χ3v) is 3.66. The standard InChI is InChI=1S/C15H17N5O2/c1-4-9(2)20-12(7-8-16-20)14-17-10-5-6-11(15(21)22-3)18-13(10)19-14/h5-9H,4H2,1-3H3,(H,17,18,19). The van der Waals surface area contributed by atoms with Gasteiger partial charge in [-0.3, -0.25) is 4.68 Å². The zero-order chi connectivity index (χ0) is 15.7. The van der Waals surface area contributed by atoms with Crippen molar-refractivity contribution in [2.75, 3.05) is 7.11 Å². The van der Waals surface area contributed by atoms with Gasteiger partial charge in [0.1, 0.15) is 5.69 Å². The van der Waals surface area contributed by atoms with Gasteiger partial charge in [0.15, 0.2) is 17.2 Å². The Morgan fingerprint density at radius 1 is 1.36 bits per heavy atom. The molecule has 7 nitrogen and oxygen atoms in total. The summed E-state index contributed by atoms with van der Waals surface area (Å²) in [5.41, 5.74) is 2.38. The normalized spacial score (nSPS) is 12.5. The summed E-state index contributed by atoms with van der Waals surface area (Å²) in [5, 5.41) is 4.35. The molecule has 1 atom stereocenters. The largest absolute Gasteiger partial charge is 0.464 e. The Hall–Kier alpha value is -2.70. The fourth-order valence-electron chi connectivity index (χ4n) is 2.26. The van der Waals surface area contributed by atoms with Crippen LogP contribution in [0.25, 0.3) is 22.7 Å². The van der Waals surface area contributed by atoms with Crippen LogP contribution in [0.3, 0.4) is 0 Å². The molecule has 0 saturated carbocycles. The van der Waals surface area contributed by atoms with Crippen LogP contribution < -0.4 is 0 Å². The Bertz CT molecular complexity index is 820. The minimum absolute atomic E-state index is 0.239. The number of pyridine rings is 1. The Morgan fingerprint density at radius 2 is 2.18 bits per heavy atom. The maximum Gasteiger partial charge on any atom is 0.356 e. The zero-order valence-corrected chi connectivity index (χ0v) is 12.7. The number of hydrogen-bond donors (Lipinski definition) is 1. The highest BCUT2D eigenvalue weighted by Crippen LogP contribution is 2.23. The molecule has 0 bridgehead atoms. The summed E-state index contributed by atoms with van der Waals surface area (Å²) < 4.78 is 6.61. The van der Waals surface area contributed by atoms with Crippen molar-refractivity contribution < 1.29 is 9.53 Å². The third kappa shape index (κ3) is 2.34. The number of fused-ring (bicyclic) bond motifs is 1. The Balaban J connectivity index is 2.06. The highest BCUT2D eigenvalue weighted by molar-refractivity contribution is 5.90. The number of imidazole rings is 1. The minimum atomic E-state index is -0.476. The molecule has 114 valence electrons. The van der Waals surface area contributed by atoms with Crippen molar-refractivity contribution in [3.63, 3.8) is 0 Å². The lowest BCUT2D eigenvalue weighted by Gasteiger charge is -2.11. The van der Waals surface area contributed by atoms with Gasteiger partial charge in [0, 0.05) is 12.2 Å². The molecule has 0 radical (unpaired) electrons. The second-order valence-electron chi connectivity index (χ2n) is 5.06. The van der Waals surface area contributed by atoms with Gasteiger partial charge in [-0.1, -0.05) is 6.92 Å². The summed E-state index contributed by atoms with van der Waals surface area (Å²) in [7, 11) is 1.33. The first-order chi connectivity index (χ1) is 10.6. The molecule has 3 heterocycles. The number of aromatic nitrogens is 5. The van der Waals surface area contributed by atoms with Gasteiger partial charge in [0.05, 0.1) is 12.6 Å². The number of rotatable bonds is 4. The summed E-state index contributed by atoms with van der Waals surface area (Å²) in [6.45, 7) is 4.21. The van der Waals surface area contributed by atoms with E-state index in [0.29, 0.717) is 11.5 Å². The fourth-order valence-corrected chi connectivity index (χ4v) is 2.26. The predicted molar refractivity (Wildman–Crippen MR) is 81.5 cm³/mol. The number of nitrogens with one attached hydrogen (secondary N) is 1. The van der Waals surface area contributed by atoms with Crippen LogP contribution >= 0.6 is 0 Å². The van der Waals surface area contributed by atoms with Crippen LogP contribution in [-0.4, -0.2) is 37.8 Å². The van der Waals surface area contributed by atoms with Crippen LogP contribution in [0.5, 0.6) is 0 Å². The first kappa shape index (κ1) is 14.2. The quantitative estimate of drug-likeness (QED) is 0.748. The first-order valence-electron chi connectivity index (χ1n) is 7.13. The van der Waals surface area contributed by atoms with E-state index in [4.69, 9.17) is 0 Å². The van der Waals surface area contributed by atoms with Crippen molar-refractivity contribution in [1.82, 2.24) is 24.7 Å². The molecule has 3 aromatic heterocycles. The zero-order valence-electron chi connectivity index (χ0n) is 12.7. The van der Waals surface area contributed by atoms with Gasteiger partial charge in [-0.05, 0) is 31.5 Å². The highest BCUT2D eigenvalue weighted by atomic mass is 16.5. The Labute approximate surface area is 127 Å². The fraction of sp³-hybridized carbons (Fsp3) is 0.333. The van der Waals surface area contributed by atoms with Crippen molar-refractivity contribution in [3.8, 4) is 11.5 Å². The molecule has 0 aliphatic carbocycles. The molecule has 22 heavy (non-hydrogen) atoms. The molecular weight excluding hydrogens is 282 g/mol. The van der Waals surface area contributed by atoms with Gasteiger partial charge in [-0.2, -0.15) is 5.10 Å². The molecule has 0 fully saturated rings. The lowest BCUT2D eigenvalue weighted by Crippen LogP contribution is -2.07. The number of hydrogen-bond acceptors (Lipinski definition) is 5. The van der Waals surface area contributed by atoms with Crippen LogP contribution in [0, 0.1) is 0 Å². The first-order valence-corrected chi connectivity index (χ1v) is 7.13. The van der Waals surface area contributed by atoms with Crippen molar-refractivity contribution in [3.05, 3.63) is 30.1 Å². The molecule has 0 amide bonds. The number of methoxy groups -OCH3 is 1. The highest BCUT2D eigenvalue weighted by Gasteiger charge is 2.15. The van der Waals surface area contributed by atoms with E-state index in [1.807, 2.05) is 10.7 Å². The number of aromatic amines is 1. The molecule has 1 N–H and O–H groups in total. The van der Waals surface area contributed by atoms with E-state index >= 15 is 0 Å². The average molecular weight is 299 g/mol. The molecule has 1 unspecified atom stereocenters. The summed E-state index contributed by atoms with van der Waals surface area (Å²) in [5.74, 6) is 0.207. The number of carbonyl (C=O) groups excluding carboxylic acids is 1. The maximum absolute atomic E-state index is 11.5. The van der Waals surface area contributed by atoms with Crippen molar-refractivity contribution in [2.24, 2.45) is 0 Å². The molecule has 3 rings (SSSR count). The molecule has 0 aromatic carbocycles. The van der Waals surface area contributed by atoms with Gasteiger partial charge in [0.2, 0.25) is 0 Å². The van der Waals surface area contributed by atoms with E-state index in [9.17, 15) is 4.79 Å². The van der Waals surface area contributed by atoms with E-state index in [2.05, 4.69) is 38.6 Å². The molecule has 0 aliphatic heterocycles. The van der Waals surface area contributed by atoms with Crippen LogP contribution in [0.4, 0.5) is 0 Å². The van der Waals surface area contributed by atoms with Gasteiger partial charge in [-0.25, -0.2) is 14.8 Å². The summed E-state index contributed by atoms with van der Waals surface area (Å²) in [6.07, 6.45) is 2.72. The Morgan fingerprint density at radius 3 is 2.91 bits per heavy atom. The van der Waals surface area contributed by atoms with Gasteiger partial charge >= 0.3 is 5.97 Å². The topological polar surface area (TPSA) is 85.7 Å².